The minimum atomic E-state index is -0.326. The number of amides is 2. The molecular weight excluding hydrogens is 332 g/mol. The van der Waals surface area contributed by atoms with Crippen molar-refractivity contribution in [2.24, 2.45) is 0 Å². The van der Waals surface area contributed by atoms with Crippen molar-refractivity contribution in [2.45, 2.75) is 32.1 Å². The molecule has 0 bridgehead atoms. The maximum absolute atomic E-state index is 12.7. The molecule has 2 aromatic rings. The lowest BCUT2D eigenvalue weighted by atomic mass is 9.86. The third-order valence-corrected chi connectivity index (χ3v) is 4.59. The highest BCUT2D eigenvalue weighted by Crippen LogP contribution is 2.52. The molecule has 0 unspecified atom stereocenters. The summed E-state index contributed by atoms with van der Waals surface area (Å²) in [5.74, 6) is -0.127. The van der Waals surface area contributed by atoms with Gasteiger partial charge >= 0.3 is 0 Å². The Morgan fingerprint density at radius 1 is 1.27 bits per heavy atom. The number of carbonyl (C=O) groups is 2. The fraction of sp³-hybridized carbons (Fsp3) is 0.368. The molecule has 1 spiro atoms. The molecule has 1 fully saturated rings. The summed E-state index contributed by atoms with van der Waals surface area (Å²) in [6.45, 7) is 4.45. The Balaban J connectivity index is 0.000000948. The Hall–Kier alpha value is -2.96. The number of aromatic nitrogens is 2. The number of hydrogen-bond donors (Lipinski definition) is 2. The van der Waals surface area contributed by atoms with E-state index in [2.05, 4.69) is 15.3 Å². The molecule has 1 aromatic heterocycles. The zero-order valence-corrected chi connectivity index (χ0v) is 14.9. The number of phenolic OH excluding ortho intramolecular Hbond substituents is 1. The summed E-state index contributed by atoms with van der Waals surface area (Å²) in [7, 11) is 0. The first-order valence-electron chi connectivity index (χ1n) is 8.77. The van der Waals surface area contributed by atoms with Gasteiger partial charge in [-0.3, -0.25) is 14.9 Å². The fourth-order valence-corrected chi connectivity index (χ4v) is 3.26. The Kier molecular flexibility index (Phi) is 4.88. The Morgan fingerprint density at radius 3 is 2.62 bits per heavy atom. The Bertz CT molecular complexity index is 819. The summed E-state index contributed by atoms with van der Waals surface area (Å²) in [5.41, 5.74) is 1.35. The summed E-state index contributed by atoms with van der Waals surface area (Å²) in [4.78, 5) is 34.3. The number of fused-ring (bicyclic) bond motifs is 2. The molecule has 1 saturated carbocycles. The first-order chi connectivity index (χ1) is 12.6. The molecule has 2 aliphatic rings. The molecule has 4 rings (SSSR count). The van der Waals surface area contributed by atoms with Crippen molar-refractivity contribution in [3.8, 4) is 5.75 Å². The number of nitrogens with one attached hydrogen (secondary N) is 1. The lowest BCUT2D eigenvalue weighted by molar-refractivity contribution is -0.117. The van der Waals surface area contributed by atoms with Crippen LogP contribution in [0.4, 0.5) is 5.95 Å². The number of anilines is 1. The van der Waals surface area contributed by atoms with Gasteiger partial charge in [0, 0.05) is 29.9 Å². The van der Waals surface area contributed by atoms with Gasteiger partial charge in [0.2, 0.25) is 11.9 Å². The fourth-order valence-electron chi connectivity index (χ4n) is 3.26. The van der Waals surface area contributed by atoms with Crippen LogP contribution in [0.2, 0.25) is 0 Å². The summed E-state index contributed by atoms with van der Waals surface area (Å²) >= 11 is 0. The van der Waals surface area contributed by atoms with Crippen LogP contribution in [0, 0.1) is 0 Å². The number of nitrogens with zero attached hydrogens (tertiary/aromatic N) is 3. The standard InChI is InChI=1S/C17H16N4O3.C2H6/c22-11-2-3-12-13(8-11)17(4-5-17)10-21(15(12)24)9-14(23)20-16-18-6-1-7-19-16;1-2/h1-3,6-8,22H,4-5,9-10H2,(H,18,19,20,23);1-2H3. The molecule has 1 aliphatic heterocycles. The highest BCUT2D eigenvalue weighted by molar-refractivity contribution is 6.01. The van der Waals surface area contributed by atoms with E-state index in [4.69, 9.17) is 0 Å². The minimum Gasteiger partial charge on any atom is -0.508 e. The number of carbonyl (C=O) groups excluding carboxylic acids is 2. The summed E-state index contributed by atoms with van der Waals surface area (Å²) < 4.78 is 0. The summed E-state index contributed by atoms with van der Waals surface area (Å²) in [5, 5.41) is 12.3. The highest BCUT2D eigenvalue weighted by atomic mass is 16.3. The Morgan fingerprint density at radius 2 is 1.96 bits per heavy atom. The van der Waals surface area contributed by atoms with Gasteiger partial charge in [0.05, 0.1) is 0 Å². The molecular formula is C19H22N4O3. The van der Waals surface area contributed by atoms with Crippen LogP contribution in [0.25, 0.3) is 0 Å². The van der Waals surface area contributed by atoms with Gasteiger partial charge in [0.25, 0.3) is 5.91 Å². The van der Waals surface area contributed by atoms with Crippen LogP contribution < -0.4 is 5.32 Å². The third kappa shape index (κ3) is 3.37. The SMILES string of the molecule is CC.O=C(CN1CC2(CC2)c2cc(O)ccc2C1=O)Nc1ncccn1. The van der Waals surface area contributed by atoms with Crippen molar-refractivity contribution in [2.75, 3.05) is 18.4 Å². The number of hydrogen-bond acceptors (Lipinski definition) is 5. The largest absolute Gasteiger partial charge is 0.508 e. The van der Waals surface area contributed by atoms with Gasteiger partial charge in [0.15, 0.2) is 0 Å². The maximum Gasteiger partial charge on any atom is 0.254 e. The van der Waals surface area contributed by atoms with Crippen molar-refractivity contribution >= 4 is 17.8 Å². The van der Waals surface area contributed by atoms with E-state index in [0.717, 1.165) is 18.4 Å². The monoisotopic (exact) mass is 354 g/mol. The lowest BCUT2D eigenvalue weighted by Gasteiger charge is -2.34. The van der Waals surface area contributed by atoms with Crippen LogP contribution in [0.15, 0.2) is 36.7 Å². The van der Waals surface area contributed by atoms with E-state index >= 15 is 0 Å². The maximum atomic E-state index is 12.7. The smallest absolute Gasteiger partial charge is 0.254 e. The molecule has 0 atom stereocenters. The van der Waals surface area contributed by atoms with Crippen molar-refractivity contribution in [3.05, 3.63) is 47.8 Å². The quantitative estimate of drug-likeness (QED) is 0.882. The highest BCUT2D eigenvalue weighted by Gasteiger charge is 2.51. The second kappa shape index (κ2) is 7.11. The van der Waals surface area contributed by atoms with E-state index < -0.39 is 0 Å². The Labute approximate surface area is 152 Å². The molecule has 2 N–H and O–H groups in total. The predicted octanol–water partition coefficient (Wildman–Crippen LogP) is 2.33. The molecule has 2 heterocycles. The van der Waals surface area contributed by atoms with Gasteiger partial charge in [0.1, 0.15) is 12.3 Å². The zero-order chi connectivity index (χ0) is 18.7. The summed E-state index contributed by atoms with van der Waals surface area (Å²) in [6.07, 6.45) is 4.99. The van der Waals surface area contributed by atoms with E-state index in [0.29, 0.717) is 12.1 Å². The topological polar surface area (TPSA) is 95.4 Å². The number of benzene rings is 1. The average Bonchev–Trinajstić information content (AvgIpc) is 3.42. The first kappa shape index (κ1) is 17.8. The molecule has 7 heteroatoms. The number of phenols is 1. The van der Waals surface area contributed by atoms with E-state index in [1.807, 2.05) is 13.8 Å². The van der Waals surface area contributed by atoms with Crippen LogP contribution in [0.1, 0.15) is 42.6 Å². The molecule has 1 aromatic carbocycles. The van der Waals surface area contributed by atoms with Gasteiger partial charge in [-0.2, -0.15) is 0 Å². The molecule has 2 amide bonds. The number of aromatic hydroxyl groups is 1. The average molecular weight is 354 g/mol. The van der Waals surface area contributed by atoms with Crippen LogP contribution in [-0.2, 0) is 10.2 Å². The van der Waals surface area contributed by atoms with Gasteiger partial charge in [-0.05, 0) is 42.7 Å². The van der Waals surface area contributed by atoms with E-state index in [1.54, 1.807) is 23.1 Å². The van der Waals surface area contributed by atoms with Crippen LogP contribution in [0.5, 0.6) is 5.75 Å². The minimum absolute atomic E-state index is 0.0425. The summed E-state index contributed by atoms with van der Waals surface area (Å²) in [6, 6.07) is 6.48. The van der Waals surface area contributed by atoms with Crippen LogP contribution in [0.3, 0.4) is 0 Å². The molecule has 0 saturated heterocycles. The lowest BCUT2D eigenvalue weighted by Crippen LogP contribution is -2.46. The molecule has 26 heavy (non-hydrogen) atoms. The van der Waals surface area contributed by atoms with Crippen molar-refractivity contribution < 1.29 is 14.7 Å². The van der Waals surface area contributed by atoms with E-state index in [-0.39, 0.29) is 35.5 Å². The first-order valence-corrected chi connectivity index (χ1v) is 8.77. The second-order valence-electron chi connectivity index (χ2n) is 6.29. The van der Waals surface area contributed by atoms with Gasteiger partial charge in [-0.15, -0.1) is 0 Å². The van der Waals surface area contributed by atoms with Gasteiger partial charge in [-0.25, -0.2) is 9.97 Å². The second-order valence-corrected chi connectivity index (χ2v) is 6.29. The molecule has 0 radical (unpaired) electrons. The van der Waals surface area contributed by atoms with Crippen LogP contribution >= 0.6 is 0 Å². The van der Waals surface area contributed by atoms with Gasteiger partial charge < -0.3 is 10.0 Å². The van der Waals surface area contributed by atoms with Gasteiger partial charge in [-0.1, -0.05) is 13.8 Å². The molecule has 136 valence electrons. The van der Waals surface area contributed by atoms with E-state index in [1.165, 1.54) is 18.5 Å². The molecule has 7 nitrogen and oxygen atoms in total. The van der Waals surface area contributed by atoms with E-state index in [9.17, 15) is 14.7 Å². The van der Waals surface area contributed by atoms with Crippen molar-refractivity contribution in [1.29, 1.82) is 0 Å². The zero-order valence-electron chi connectivity index (χ0n) is 14.9. The predicted molar refractivity (Wildman–Crippen MR) is 96.9 cm³/mol. The third-order valence-electron chi connectivity index (χ3n) is 4.59. The van der Waals surface area contributed by atoms with Crippen LogP contribution in [-0.4, -0.2) is 44.9 Å². The van der Waals surface area contributed by atoms with Crippen molar-refractivity contribution in [3.63, 3.8) is 0 Å². The van der Waals surface area contributed by atoms with Crippen molar-refractivity contribution in [1.82, 2.24) is 14.9 Å². The molecule has 1 aliphatic carbocycles. The normalized spacial score (nSPS) is 16.4. The number of rotatable bonds is 3.